The van der Waals surface area contributed by atoms with Crippen LogP contribution in [0.1, 0.15) is 28.8 Å². The van der Waals surface area contributed by atoms with Crippen LogP contribution in [0.5, 0.6) is 0 Å². The number of benzene rings is 1. The number of amides is 1. The van der Waals surface area contributed by atoms with Crippen LogP contribution in [-0.2, 0) is 0 Å². The number of guanidine groups is 1. The Bertz CT molecular complexity index is 849. The van der Waals surface area contributed by atoms with Crippen LogP contribution in [0, 0.1) is 0 Å². The van der Waals surface area contributed by atoms with Gasteiger partial charge in [-0.3, -0.25) is 9.79 Å². The van der Waals surface area contributed by atoms with Crippen molar-refractivity contribution in [3.8, 4) is 0 Å². The molecule has 2 aliphatic heterocycles. The van der Waals surface area contributed by atoms with Gasteiger partial charge in [0, 0.05) is 38.3 Å². The van der Waals surface area contributed by atoms with E-state index in [4.69, 9.17) is 10.7 Å². The number of nitrogens with zero attached hydrogens (tertiary/aromatic N) is 4. The minimum absolute atomic E-state index is 0. The smallest absolute Gasteiger partial charge is 0.250 e. The molecule has 8 heteroatoms. The van der Waals surface area contributed by atoms with E-state index in [0.29, 0.717) is 17.5 Å². The SMILES string of the molecule is CC(c1ccccc1)C1CN=C(N2CCN(c3ccc(C(N)=O)cn3)CC2)N1.I. The van der Waals surface area contributed by atoms with Crippen LogP contribution < -0.4 is 16.0 Å². The monoisotopic (exact) mass is 506 g/mol. The van der Waals surface area contributed by atoms with E-state index >= 15 is 0 Å². The van der Waals surface area contributed by atoms with Gasteiger partial charge in [-0.05, 0) is 17.7 Å². The lowest BCUT2D eigenvalue weighted by Gasteiger charge is -2.36. The molecule has 3 N–H and O–H groups in total. The highest BCUT2D eigenvalue weighted by atomic mass is 127. The van der Waals surface area contributed by atoms with Crippen molar-refractivity contribution in [2.45, 2.75) is 18.9 Å². The molecule has 1 aromatic carbocycles. The molecule has 2 aliphatic rings. The minimum atomic E-state index is -0.450. The number of piperazine rings is 1. The molecule has 0 aliphatic carbocycles. The number of anilines is 1. The Labute approximate surface area is 188 Å². The summed E-state index contributed by atoms with van der Waals surface area (Å²) in [6, 6.07) is 14.5. The lowest BCUT2D eigenvalue weighted by molar-refractivity contribution is 0.1000. The molecule has 1 amide bonds. The molecular weight excluding hydrogens is 479 g/mol. The summed E-state index contributed by atoms with van der Waals surface area (Å²) in [5.41, 5.74) is 7.06. The predicted molar refractivity (Wildman–Crippen MR) is 126 cm³/mol. The molecule has 2 atom stereocenters. The Kier molecular flexibility index (Phi) is 6.94. The van der Waals surface area contributed by atoms with Gasteiger partial charge in [0.05, 0.1) is 18.2 Å². The third kappa shape index (κ3) is 4.80. The number of hydrogen-bond acceptors (Lipinski definition) is 6. The number of hydrogen-bond donors (Lipinski definition) is 2. The predicted octanol–water partition coefficient (Wildman–Crippen LogP) is 2.05. The van der Waals surface area contributed by atoms with Crippen molar-refractivity contribution in [1.29, 1.82) is 0 Å². The molecule has 29 heavy (non-hydrogen) atoms. The normalized spacial score (nSPS) is 19.8. The number of carbonyl (C=O) groups excluding carboxylic acids is 1. The van der Waals surface area contributed by atoms with Crippen LogP contribution in [0.3, 0.4) is 0 Å². The van der Waals surface area contributed by atoms with Crippen LogP contribution in [0.25, 0.3) is 0 Å². The van der Waals surface area contributed by atoms with Gasteiger partial charge in [-0.25, -0.2) is 4.98 Å². The zero-order chi connectivity index (χ0) is 19.5. The van der Waals surface area contributed by atoms with E-state index in [-0.39, 0.29) is 24.0 Å². The summed E-state index contributed by atoms with van der Waals surface area (Å²) in [7, 11) is 0. The maximum atomic E-state index is 11.2. The number of halogens is 1. The molecule has 1 fully saturated rings. The van der Waals surface area contributed by atoms with Gasteiger partial charge >= 0.3 is 0 Å². The fourth-order valence-electron chi connectivity index (χ4n) is 3.77. The third-order valence-electron chi connectivity index (χ3n) is 5.62. The number of nitrogens with two attached hydrogens (primary N) is 1. The Morgan fingerprint density at radius 1 is 1.10 bits per heavy atom. The number of rotatable bonds is 4. The molecule has 0 radical (unpaired) electrons. The zero-order valence-electron chi connectivity index (χ0n) is 16.5. The zero-order valence-corrected chi connectivity index (χ0v) is 18.8. The highest BCUT2D eigenvalue weighted by Gasteiger charge is 2.29. The largest absolute Gasteiger partial charge is 0.366 e. The summed E-state index contributed by atoms with van der Waals surface area (Å²) in [5, 5.41) is 3.62. The van der Waals surface area contributed by atoms with Gasteiger partial charge in [0.15, 0.2) is 5.96 Å². The number of pyridine rings is 1. The van der Waals surface area contributed by atoms with Crippen molar-refractivity contribution in [2.24, 2.45) is 10.7 Å². The quantitative estimate of drug-likeness (QED) is 0.621. The summed E-state index contributed by atoms with van der Waals surface area (Å²) < 4.78 is 0. The first-order valence-corrected chi connectivity index (χ1v) is 9.73. The standard InChI is InChI=1S/C21H26N6O.HI/c1-15(16-5-3-2-4-6-16)18-14-24-21(25-18)27-11-9-26(10-12-27)19-8-7-17(13-23-19)20(22)28;/h2-8,13,15,18H,9-12,14H2,1H3,(H2,22,28)(H,24,25);1H. The lowest BCUT2D eigenvalue weighted by atomic mass is 9.94. The lowest BCUT2D eigenvalue weighted by Crippen LogP contribution is -2.53. The molecule has 154 valence electrons. The maximum absolute atomic E-state index is 11.2. The fraction of sp³-hybridized carbons (Fsp3) is 0.381. The van der Waals surface area contributed by atoms with E-state index in [1.807, 2.05) is 6.07 Å². The van der Waals surface area contributed by atoms with Gasteiger partial charge in [-0.2, -0.15) is 0 Å². The molecule has 7 nitrogen and oxygen atoms in total. The van der Waals surface area contributed by atoms with Gasteiger partial charge in [0.1, 0.15) is 5.82 Å². The number of aliphatic imine (C=N–C) groups is 1. The van der Waals surface area contributed by atoms with Crippen molar-refractivity contribution in [1.82, 2.24) is 15.2 Å². The van der Waals surface area contributed by atoms with E-state index in [0.717, 1.165) is 44.5 Å². The van der Waals surface area contributed by atoms with Crippen LogP contribution in [0.2, 0.25) is 0 Å². The van der Waals surface area contributed by atoms with Gasteiger partial charge < -0.3 is 20.9 Å². The van der Waals surface area contributed by atoms with E-state index in [1.54, 1.807) is 12.3 Å². The maximum Gasteiger partial charge on any atom is 0.250 e. The highest BCUT2D eigenvalue weighted by Crippen LogP contribution is 2.22. The van der Waals surface area contributed by atoms with E-state index in [1.165, 1.54) is 5.56 Å². The second-order valence-corrected chi connectivity index (χ2v) is 7.36. The van der Waals surface area contributed by atoms with Crippen molar-refractivity contribution in [3.05, 3.63) is 59.8 Å². The van der Waals surface area contributed by atoms with Crippen LogP contribution in [-0.4, -0.2) is 60.5 Å². The van der Waals surface area contributed by atoms with Crippen molar-refractivity contribution in [2.75, 3.05) is 37.6 Å². The molecular formula is C21H27IN6O. The van der Waals surface area contributed by atoms with Crippen LogP contribution in [0.15, 0.2) is 53.7 Å². The Balaban J connectivity index is 0.00000240. The van der Waals surface area contributed by atoms with Gasteiger partial charge in [-0.15, -0.1) is 24.0 Å². The molecule has 3 heterocycles. The van der Waals surface area contributed by atoms with Gasteiger partial charge in [0.2, 0.25) is 5.91 Å². The first-order chi connectivity index (χ1) is 13.6. The van der Waals surface area contributed by atoms with Crippen LogP contribution >= 0.6 is 24.0 Å². The van der Waals surface area contributed by atoms with E-state index in [2.05, 4.69) is 57.4 Å². The summed E-state index contributed by atoms with van der Waals surface area (Å²) in [6.07, 6.45) is 1.54. The Morgan fingerprint density at radius 2 is 1.79 bits per heavy atom. The summed E-state index contributed by atoms with van der Waals surface area (Å²) in [5.74, 6) is 1.84. The van der Waals surface area contributed by atoms with Crippen molar-refractivity contribution < 1.29 is 4.79 Å². The average Bonchev–Trinajstić information content (AvgIpc) is 3.24. The minimum Gasteiger partial charge on any atom is -0.366 e. The molecule has 0 spiro atoms. The number of nitrogens with one attached hydrogen (secondary N) is 1. The molecule has 0 saturated carbocycles. The summed E-state index contributed by atoms with van der Waals surface area (Å²) >= 11 is 0. The number of aromatic nitrogens is 1. The Hall–Kier alpha value is -2.36. The molecule has 4 rings (SSSR count). The first kappa shape index (κ1) is 21.4. The molecule has 1 saturated heterocycles. The second-order valence-electron chi connectivity index (χ2n) is 7.36. The molecule has 0 bridgehead atoms. The van der Waals surface area contributed by atoms with Gasteiger partial charge in [0.25, 0.3) is 0 Å². The summed E-state index contributed by atoms with van der Waals surface area (Å²) in [6.45, 7) is 6.56. The van der Waals surface area contributed by atoms with Crippen LogP contribution in [0.4, 0.5) is 5.82 Å². The average molecular weight is 506 g/mol. The third-order valence-corrected chi connectivity index (χ3v) is 5.62. The van der Waals surface area contributed by atoms with E-state index < -0.39 is 5.91 Å². The fourth-order valence-corrected chi connectivity index (χ4v) is 3.77. The molecule has 2 aromatic rings. The van der Waals surface area contributed by atoms with Gasteiger partial charge in [-0.1, -0.05) is 37.3 Å². The Morgan fingerprint density at radius 3 is 2.41 bits per heavy atom. The number of carbonyl (C=O) groups is 1. The topological polar surface area (TPSA) is 86.8 Å². The summed E-state index contributed by atoms with van der Waals surface area (Å²) in [4.78, 5) is 24.9. The first-order valence-electron chi connectivity index (χ1n) is 9.73. The van der Waals surface area contributed by atoms with Crippen molar-refractivity contribution >= 4 is 41.7 Å². The molecule has 2 unspecified atom stereocenters. The van der Waals surface area contributed by atoms with Crippen molar-refractivity contribution in [3.63, 3.8) is 0 Å². The second kappa shape index (κ2) is 9.43. The molecule has 1 aromatic heterocycles. The van der Waals surface area contributed by atoms with E-state index in [9.17, 15) is 4.79 Å². The highest BCUT2D eigenvalue weighted by molar-refractivity contribution is 14.0. The number of primary amides is 1.